The summed E-state index contributed by atoms with van der Waals surface area (Å²) in [7, 11) is 0. The van der Waals surface area contributed by atoms with Crippen LogP contribution in [0.4, 0.5) is 0 Å². The number of hydrogen-bond donors (Lipinski definition) is 0. The van der Waals surface area contributed by atoms with Crippen LogP contribution in [0.2, 0.25) is 0 Å². The van der Waals surface area contributed by atoms with E-state index < -0.39 is 0 Å². The summed E-state index contributed by atoms with van der Waals surface area (Å²) in [5, 5.41) is 6.08. The third kappa shape index (κ3) is 5.26. The van der Waals surface area contributed by atoms with Crippen molar-refractivity contribution in [3.63, 3.8) is 0 Å². The Morgan fingerprint density at radius 1 is 0.769 bits per heavy atom. The zero-order valence-corrected chi connectivity index (χ0v) is 22.8. The Morgan fingerprint density at radius 2 is 1.31 bits per heavy atom. The second-order valence-electron chi connectivity index (χ2n) is 10.3. The predicted molar refractivity (Wildman–Crippen MR) is 157 cm³/mol. The van der Waals surface area contributed by atoms with Gasteiger partial charge in [-0.05, 0) is 78.9 Å². The van der Waals surface area contributed by atoms with Crippen LogP contribution in [0.25, 0.3) is 22.0 Å². The fraction of sp³-hybridized carbons (Fsp3) is 0.206. The molecule has 4 aromatic carbocycles. The molecule has 0 spiro atoms. The van der Waals surface area contributed by atoms with Gasteiger partial charge in [0.2, 0.25) is 0 Å². The molecule has 0 aliphatic heterocycles. The molecule has 0 unspecified atom stereocenters. The zero-order chi connectivity index (χ0) is 27.6. The first-order chi connectivity index (χ1) is 18.8. The first-order valence-electron chi connectivity index (χ1n) is 13.3. The summed E-state index contributed by atoms with van der Waals surface area (Å²) in [6.45, 7) is 9.00. The van der Waals surface area contributed by atoms with Crippen molar-refractivity contribution >= 4 is 16.6 Å². The van der Waals surface area contributed by atoms with E-state index in [2.05, 4.69) is 25.9 Å². The SMILES string of the molecule is CCn1nc(-c2ccc(Oc3ccc(C(=O)c4ccc(C(C)(C)CC)cc4)cc3)cc2)c2ccccc2c1=O. The van der Waals surface area contributed by atoms with E-state index in [4.69, 9.17) is 4.74 Å². The molecule has 0 saturated heterocycles. The lowest BCUT2D eigenvalue weighted by molar-refractivity contribution is 0.103. The van der Waals surface area contributed by atoms with E-state index in [9.17, 15) is 9.59 Å². The van der Waals surface area contributed by atoms with E-state index in [1.165, 1.54) is 10.2 Å². The highest BCUT2D eigenvalue weighted by Crippen LogP contribution is 2.30. The lowest BCUT2D eigenvalue weighted by Crippen LogP contribution is -2.22. The van der Waals surface area contributed by atoms with Crippen molar-refractivity contribution in [3.05, 3.63) is 124 Å². The number of hydrogen-bond acceptors (Lipinski definition) is 4. The van der Waals surface area contributed by atoms with Crippen molar-refractivity contribution in [1.82, 2.24) is 9.78 Å². The number of ketones is 1. The van der Waals surface area contributed by atoms with Crippen LogP contribution in [-0.4, -0.2) is 15.6 Å². The van der Waals surface area contributed by atoms with Gasteiger partial charge in [-0.25, -0.2) is 4.68 Å². The Labute approximate surface area is 228 Å². The fourth-order valence-electron chi connectivity index (χ4n) is 4.60. The molecule has 5 nitrogen and oxygen atoms in total. The van der Waals surface area contributed by atoms with E-state index >= 15 is 0 Å². The normalized spacial score (nSPS) is 11.5. The molecule has 0 radical (unpaired) electrons. The predicted octanol–water partition coefficient (Wildman–Crippen LogP) is 7.79. The summed E-state index contributed by atoms with van der Waals surface area (Å²) in [6.07, 6.45) is 1.03. The van der Waals surface area contributed by atoms with E-state index in [-0.39, 0.29) is 16.8 Å². The standard InChI is InChI=1S/C34H32N2O3/c1-5-34(3,4)26-17-11-24(12-18-26)32(37)25-15-21-28(22-16-25)39-27-19-13-23(14-20-27)31-29-9-7-8-10-30(29)33(38)36(6-2)35-31/h7-22H,5-6H2,1-4H3. The molecule has 39 heavy (non-hydrogen) atoms. The Morgan fingerprint density at radius 3 is 1.87 bits per heavy atom. The summed E-state index contributed by atoms with van der Waals surface area (Å²) in [5.41, 5.74) is 4.17. The van der Waals surface area contributed by atoms with Crippen molar-refractivity contribution in [1.29, 1.82) is 0 Å². The van der Waals surface area contributed by atoms with E-state index in [0.717, 1.165) is 23.1 Å². The van der Waals surface area contributed by atoms with E-state index in [1.54, 1.807) is 12.1 Å². The minimum absolute atomic E-state index is 0.0140. The maximum atomic E-state index is 13.0. The molecule has 5 rings (SSSR count). The van der Waals surface area contributed by atoms with Crippen molar-refractivity contribution < 1.29 is 9.53 Å². The van der Waals surface area contributed by atoms with Gasteiger partial charge in [0.1, 0.15) is 11.5 Å². The van der Waals surface area contributed by atoms with Gasteiger partial charge in [0.05, 0.1) is 11.1 Å². The summed E-state index contributed by atoms with van der Waals surface area (Å²) in [6, 6.07) is 30.3. The molecule has 0 aliphatic carbocycles. The summed E-state index contributed by atoms with van der Waals surface area (Å²) in [4.78, 5) is 25.7. The van der Waals surface area contributed by atoms with Gasteiger partial charge in [-0.2, -0.15) is 5.10 Å². The Hall–Kier alpha value is -4.51. The number of carbonyl (C=O) groups excluding carboxylic acids is 1. The number of fused-ring (bicyclic) bond motifs is 1. The Kier molecular flexibility index (Phi) is 7.16. The molecule has 5 aromatic rings. The van der Waals surface area contributed by atoms with Gasteiger partial charge in [0, 0.05) is 28.6 Å². The zero-order valence-electron chi connectivity index (χ0n) is 22.8. The van der Waals surface area contributed by atoms with Gasteiger partial charge in [0.25, 0.3) is 5.56 Å². The quantitative estimate of drug-likeness (QED) is 0.198. The molecule has 0 fully saturated rings. The van der Waals surface area contributed by atoms with Crippen LogP contribution >= 0.6 is 0 Å². The highest BCUT2D eigenvalue weighted by Gasteiger charge is 2.19. The van der Waals surface area contributed by atoms with Gasteiger partial charge >= 0.3 is 0 Å². The molecular weight excluding hydrogens is 484 g/mol. The van der Waals surface area contributed by atoms with E-state index in [0.29, 0.717) is 34.6 Å². The van der Waals surface area contributed by atoms with Gasteiger partial charge in [-0.3, -0.25) is 9.59 Å². The number of carbonyl (C=O) groups is 1. The summed E-state index contributed by atoms with van der Waals surface area (Å²) >= 11 is 0. The molecule has 0 aliphatic rings. The lowest BCUT2D eigenvalue weighted by Gasteiger charge is -2.23. The second kappa shape index (κ2) is 10.7. The fourth-order valence-corrected chi connectivity index (χ4v) is 4.60. The molecular formula is C34H32N2O3. The maximum absolute atomic E-state index is 13.0. The minimum atomic E-state index is -0.0869. The number of aryl methyl sites for hydroxylation is 1. The molecule has 1 heterocycles. The third-order valence-corrected chi connectivity index (χ3v) is 7.46. The van der Waals surface area contributed by atoms with Crippen LogP contribution in [0.5, 0.6) is 11.5 Å². The number of rotatable bonds is 8. The average molecular weight is 517 g/mol. The number of ether oxygens (including phenoxy) is 1. The summed E-state index contributed by atoms with van der Waals surface area (Å²) < 4.78 is 7.53. The van der Waals surface area contributed by atoms with Crippen molar-refractivity contribution in [2.45, 2.75) is 46.1 Å². The largest absolute Gasteiger partial charge is 0.457 e. The second-order valence-corrected chi connectivity index (χ2v) is 10.3. The van der Waals surface area contributed by atoms with Gasteiger partial charge in [-0.15, -0.1) is 0 Å². The first-order valence-corrected chi connectivity index (χ1v) is 13.3. The molecule has 5 heteroatoms. The first kappa shape index (κ1) is 26.1. The van der Waals surface area contributed by atoms with Gasteiger partial charge < -0.3 is 4.74 Å². The smallest absolute Gasteiger partial charge is 0.274 e. The highest BCUT2D eigenvalue weighted by atomic mass is 16.5. The highest BCUT2D eigenvalue weighted by molar-refractivity contribution is 6.09. The molecule has 0 atom stereocenters. The van der Waals surface area contributed by atoms with Crippen molar-refractivity contribution in [2.75, 3.05) is 0 Å². The number of aromatic nitrogens is 2. The van der Waals surface area contributed by atoms with Crippen molar-refractivity contribution in [2.24, 2.45) is 0 Å². The molecule has 0 bridgehead atoms. The van der Waals surface area contributed by atoms with Crippen LogP contribution in [-0.2, 0) is 12.0 Å². The molecule has 1 aromatic heterocycles. The van der Waals surface area contributed by atoms with Crippen molar-refractivity contribution in [3.8, 4) is 22.8 Å². The average Bonchev–Trinajstić information content (AvgIpc) is 2.98. The third-order valence-electron chi connectivity index (χ3n) is 7.46. The monoisotopic (exact) mass is 516 g/mol. The summed E-state index contributed by atoms with van der Waals surface area (Å²) in [5.74, 6) is 1.29. The number of benzene rings is 4. The molecule has 196 valence electrons. The molecule has 0 saturated carbocycles. The van der Waals surface area contributed by atoms with Crippen LogP contribution in [0, 0.1) is 0 Å². The van der Waals surface area contributed by atoms with Gasteiger partial charge in [-0.1, -0.05) is 63.2 Å². The minimum Gasteiger partial charge on any atom is -0.457 e. The van der Waals surface area contributed by atoms with Crippen LogP contribution in [0.15, 0.2) is 102 Å². The van der Waals surface area contributed by atoms with Crippen LogP contribution in [0.3, 0.4) is 0 Å². The number of nitrogens with zero attached hydrogens (tertiary/aromatic N) is 2. The topological polar surface area (TPSA) is 61.2 Å². The van der Waals surface area contributed by atoms with E-state index in [1.807, 2.05) is 91.9 Å². The lowest BCUT2D eigenvalue weighted by atomic mass is 9.82. The molecule has 0 amide bonds. The Balaban J connectivity index is 1.32. The Bertz CT molecular complexity index is 1680. The molecule has 0 N–H and O–H groups in total. The maximum Gasteiger partial charge on any atom is 0.274 e. The van der Waals surface area contributed by atoms with Crippen LogP contribution in [0.1, 0.15) is 55.6 Å². The van der Waals surface area contributed by atoms with Gasteiger partial charge in [0.15, 0.2) is 5.78 Å². The van der Waals surface area contributed by atoms with Crippen LogP contribution < -0.4 is 10.3 Å².